The number of ether oxygens (including phenoxy) is 1. The Morgan fingerprint density at radius 1 is 1.27 bits per heavy atom. The van der Waals surface area contributed by atoms with Gasteiger partial charge in [-0.3, -0.25) is 9.67 Å². The van der Waals surface area contributed by atoms with Crippen LogP contribution in [0, 0.1) is 6.92 Å². The van der Waals surface area contributed by atoms with Crippen molar-refractivity contribution < 1.29 is 4.74 Å². The van der Waals surface area contributed by atoms with Crippen LogP contribution in [0.2, 0.25) is 0 Å². The van der Waals surface area contributed by atoms with Gasteiger partial charge >= 0.3 is 0 Å². The number of hydrogen-bond acceptors (Lipinski definition) is 5. The van der Waals surface area contributed by atoms with E-state index in [2.05, 4.69) is 20.2 Å². The van der Waals surface area contributed by atoms with Crippen molar-refractivity contribution in [1.82, 2.24) is 29.5 Å². The van der Waals surface area contributed by atoms with Gasteiger partial charge < -0.3 is 4.74 Å². The normalized spacial score (nSPS) is 10.9. The number of hydrogen-bond donors (Lipinski definition) is 0. The van der Waals surface area contributed by atoms with Crippen LogP contribution in [0.1, 0.15) is 18.4 Å². The SMILES string of the molecule is CCc1nc(-c2cc(C)ncc2OC)n(-c2cnn(C)c2)n1. The minimum absolute atomic E-state index is 0.672. The molecule has 0 aliphatic carbocycles. The van der Waals surface area contributed by atoms with Crippen LogP contribution in [0.25, 0.3) is 17.1 Å². The fourth-order valence-corrected chi connectivity index (χ4v) is 2.26. The van der Waals surface area contributed by atoms with Crippen molar-refractivity contribution in [3.63, 3.8) is 0 Å². The van der Waals surface area contributed by atoms with Crippen molar-refractivity contribution in [2.75, 3.05) is 7.11 Å². The molecule has 3 aromatic heterocycles. The zero-order valence-electron chi connectivity index (χ0n) is 13.1. The molecule has 0 fully saturated rings. The fraction of sp³-hybridized carbons (Fsp3) is 0.333. The number of rotatable bonds is 4. The van der Waals surface area contributed by atoms with Crippen molar-refractivity contribution in [2.24, 2.45) is 7.05 Å². The third kappa shape index (κ3) is 2.45. The maximum atomic E-state index is 5.43. The second-order valence-corrected chi connectivity index (χ2v) is 5.02. The minimum Gasteiger partial charge on any atom is -0.494 e. The van der Waals surface area contributed by atoms with Crippen LogP contribution in [0.15, 0.2) is 24.7 Å². The molecule has 0 atom stereocenters. The summed E-state index contributed by atoms with van der Waals surface area (Å²) in [7, 11) is 3.50. The molecule has 3 rings (SSSR count). The van der Waals surface area contributed by atoms with Gasteiger partial charge in [-0.05, 0) is 13.0 Å². The molecule has 0 aromatic carbocycles. The molecule has 0 spiro atoms. The van der Waals surface area contributed by atoms with Gasteiger partial charge in [-0.2, -0.15) is 10.2 Å². The minimum atomic E-state index is 0.672. The lowest BCUT2D eigenvalue weighted by Gasteiger charge is -2.09. The van der Waals surface area contributed by atoms with Crippen LogP contribution in [-0.2, 0) is 13.5 Å². The van der Waals surface area contributed by atoms with E-state index in [0.717, 1.165) is 35.0 Å². The van der Waals surface area contributed by atoms with Gasteiger partial charge in [0.1, 0.15) is 11.4 Å². The topological polar surface area (TPSA) is 70.7 Å². The van der Waals surface area contributed by atoms with Crippen LogP contribution in [-0.4, -0.2) is 36.6 Å². The van der Waals surface area contributed by atoms with E-state index in [1.807, 2.05) is 33.2 Å². The molecule has 0 N–H and O–H groups in total. The predicted octanol–water partition coefficient (Wildman–Crippen LogP) is 1.94. The van der Waals surface area contributed by atoms with E-state index in [9.17, 15) is 0 Å². The van der Waals surface area contributed by atoms with E-state index >= 15 is 0 Å². The third-order valence-corrected chi connectivity index (χ3v) is 3.37. The van der Waals surface area contributed by atoms with E-state index in [4.69, 9.17) is 4.74 Å². The Kier molecular flexibility index (Phi) is 3.62. The lowest BCUT2D eigenvalue weighted by molar-refractivity contribution is 0.414. The molecular weight excluding hydrogens is 280 g/mol. The van der Waals surface area contributed by atoms with Crippen molar-refractivity contribution in [3.8, 4) is 22.8 Å². The first-order chi connectivity index (χ1) is 10.6. The highest BCUT2D eigenvalue weighted by Crippen LogP contribution is 2.30. The lowest BCUT2D eigenvalue weighted by atomic mass is 10.2. The van der Waals surface area contributed by atoms with Gasteiger partial charge in [0.25, 0.3) is 0 Å². The average Bonchev–Trinajstić information content (AvgIpc) is 3.13. The fourth-order valence-electron chi connectivity index (χ4n) is 2.26. The molecule has 7 nitrogen and oxygen atoms in total. The standard InChI is InChI=1S/C15H18N6O/c1-5-14-18-15(12-6-10(2)16-8-13(12)22-4)21(19-14)11-7-17-20(3)9-11/h6-9H,5H2,1-4H3. The number of aromatic nitrogens is 6. The van der Waals surface area contributed by atoms with Gasteiger partial charge in [0.05, 0.1) is 31.3 Å². The molecule has 0 saturated heterocycles. The van der Waals surface area contributed by atoms with Crippen LogP contribution in [0.4, 0.5) is 0 Å². The quantitative estimate of drug-likeness (QED) is 0.736. The molecule has 0 radical (unpaired) electrons. The van der Waals surface area contributed by atoms with Crippen molar-refractivity contribution in [3.05, 3.63) is 36.2 Å². The van der Waals surface area contributed by atoms with E-state index in [1.165, 1.54) is 0 Å². The summed E-state index contributed by atoms with van der Waals surface area (Å²) in [4.78, 5) is 8.91. The summed E-state index contributed by atoms with van der Waals surface area (Å²) in [6, 6.07) is 1.95. The summed E-state index contributed by atoms with van der Waals surface area (Å²) in [5.74, 6) is 2.17. The first-order valence-corrected chi connectivity index (χ1v) is 7.08. The smallest absolute Gasteiger partial charge is 0.167 e. The monoisotopic (exact) mass is 298 g/mol. The molecule has 7 heteroatoms. The molecular formula is C15H18N6O. The molecule has 0 unspecified atom stereocenters. The highest BCUT2D eigenvalue weighted by molar-refractivity contribution is 5.65. The summed E-state index contributed by atoms with van der Waals surface area (Å²) in [6.45, 7) is 3.97. The Labute approximate surface area is 128 Å². The number of nitrogens with zero attached hydrogens (tertiary/aromatic N) is 6. The van der Waals surface area contributed by atoms with Crippen LogP contribution >= 0.6 is 0 Å². The van der Waals surface area contributed by atoms with E-state index < -0.39 is 0 Å². The second kappa shape index (κ2) is 5.59. The Balaban J connectivity index is 2.22. The van der Waals surface area contributed by atoms with Crippen molar-refractivity contribution in [1.29, 1.82) is 0 Å². The van der Waals surface area contributed by atoms with Crippen molar-refractivity contribution >= 4 is 0 Å². The van der Waals surface area contributed by atoms with Gasteiger partial charge in [0, 0.05) is 19.2 Å². The van der Waals surface area contributed by atoms with Gasteiger partial charge in [-0.1, -0.05) is 6.92 Å². The summed E-state index contributed by atoms with van der Waals surface area (Å²) in [5, 5.41) is 8.78. The molecule has 0 aliphatic rings. The second-order valence-electron chi connectivity index (χ2n) is 5.02. The maximum Gasteiger partial charge on any atom is 0.167 e. The largest absolute Gasteiger partial charge is 0.494 e. The van der Waals surface area contributed by atoms with Gasteiger partial charge in [0.2, 0.25) is 0 Å². The first kappa shape index (κ1) is 14.2. The van der Waals surface area contributed by atoms with E-state index in [-0.39, 0.29) is 0 Å². The van der Waals surface area contributed by atoms with E-state index in [0.29, 0.717) is 5.75 Å². The van der Waals surface area contributed by atoms with E-state index in [1.54, 1.807) is 28.9 Å². The van der Waals surface area contributed by atoms with Gasteiger partial charge in [-0.15, -0.1) is 0 Å². The van der Waals surface area contributed by atoms with Crippen LogP contribution in [0.3, 0.4) is 0 Å². The maximum absolute atomic E-state index is 5.43. The Hall–Kier alpha value is -2.70. The lowest BCUT2D eigenvalue weighted by Crippen LogP contribution is -2.01. The molecule has 0 amide bonds. The van der Waals surface area contributed by atoms with Gasteiger partial charge in [0.15, 0.2) is 11.6 Å². The highest BCUT2D eigenvalue weighted by atomic mass is 16.5. The Morgan fingerprint density at radius 3 is 2.73 bits per heavy atom. The Bertz CT molecular complexity index is 804. The Morgan fingerprint density at radius 2 is 2.09 bits per heavy atom. The van der Waals surface area contributed by atoms with Crippen molar-refractivity contribution in [2.45, 2.75) is 20.3 Å². The average molecular weight is 298 g/mol. The molecule has 3 aromatic rings. The highest BCUT2D eigenvalue weighted by Gasteiger charge is 2.18. The summed E-state index contributed by atoms with van der Waals surface area (Å²) < 4.78 is 8.96. The number of pyridine rings is 1. The van der Waals surface area contributed by atoms with Crippen LogP contribution in [0.5, 0.6) is 5.75 Å². The number of methoxy groups -OCH3 is 1. The van der Waals surface area contributed by atoms with Crippen LogP contribution < -0.4 is 4.74 Å². The zero-order chi connectivity index (χ0) is 15.7. The molecule has 0 aliphatic heterocycles. The third-order valence-electron chi connectivity index (χ3n) is 3.37. The molecule has 22 heavy (non-hydrogen) atoms. The number of aryl methyl sites for hydroxylation is 3. The molecule has 0 saturated carbocycles. The molecule has 3 heterocycles. The molecule has 0 bridgehead atoms. The summed E-state index contributed by atoms with van der Waals surface area (Å²) in [6.07, 6.45) is 6.13. The van der Waals surface area contributed by atoms with Gasteiger partial charge in [-0.25, -0.2) is 9.67 Å². The molecule has 114 valence electrons. The zero-order valence-corrected chi connectivity index (χ0v) is 13.1. The first-order valence-electron chi connectivity index (χ1n) is 7.08. The predicted molar refractivity (Wildman–Crippen MR) is 82.0 cm³/mol. The summed E-state index contributed by atoms with van der Waals surface area (Å²) in [5.41, 5.74) is 2.63. The summed E-state index contributed by atoms with van der Waals surface area (Å²) >= 11 is 0.